The van der Waals surface area contributed by atoms with Crippen LogP contribution < -0.4 is 10.4 Å². The zero-order valence-electron chi connectivity index (χ0n) is 25.5. The minimum absolute atomic E-state index is 0.0252. The molecule has 0 aliphatic heterocycles. The molecule has 7 heteroatoms. The van der Waals surface area contributed by atoms with Gasteiger partial charge < -0.3 is 8.84 Å². The Morgan fingerprint density at radius 1 is 0.791 bits per heavy atom. The van der Waals surface area contributed by atoms with E-state index in [0.29, 0.717) is 13.2 Å². The van der Waals surface area contributed by atoms with Gasteiger partial charge in [0.15, 0.2) is 12.2 Å². The van der Waals surface area contributed by atoms with Crippen LogP contribution >= 0.6 is 0 Å². The highest BCUT2D eigenvalue weighted by Gasteiger charge is 2.50. The van der Waals surface area contributed by atoms with Crippen molar-refractivity contribution in [3.63, 3.8) is 0 Å². The van der Waals surface area contributed by atoms with E-state index in [1.165, 1.54) is 22.3 Å². The Morgan fingerprint density at radius 2 is 1.40 bits per heavy atom. The third-order valence-electron chi connectivity index (χ3n) is 7.71. The molecule has 0 amide bonds. The Balaban J connectivity index is 1.16. The summed E-state index contributed by atoms with van der Waals surface area (Å²) in [6.07, 6.45) is 3.13. The molecular weight excluding hydrogens is 549 g/mol. The molecule has 0 aliphatic carbocycles. The number of aromatic nitrogens is 1. The molecule has 0 saturated carbocycles. The smallest absolute Gasteiger partial charge is 0.261 e. The van der Waals surface area contributed by atoms with E-state index in [4.69, 9.17) is 8.84 Å². The minimum Gasteiger partial charge on any atom is -0.444 e. The van der Waals surface area contributed by atoms with Crippen LogP contribution in [0.4, 0.5) is 5.69 Å². The van der Waals surface area contributed by atoms with Crippen molar-refractivity contribution in [2.24, 2.45) is 10.2 Å². The average molecular weight is 589 g/mol. The predicted molar refractivity (Wildman–Crippen MR) is 177 cm³/mol. The van der Waals surface area contributed by atoms with Crippen LogP contribution in [0.5, 0.6) is 0 Å². The van der Waals surface area contributed by atoms with Gasteiger partial charge in [0, 0.05) is 25.3 Å². The van der Waals surface area contributed by atoms with E-state index < -0.39 is 8.32 Å². The summed E-state index contributed by atoms with van der Waals surface area (Å²) >= 11 is 0. The fourth-order valence-corrected chi connectivity index (χ4v) is 10.1. The molecule has 1 heterocycles. The van der Waals surface area contributed by atoms with Crippen molar-refractivity contribution < 1.29 is 8.84 Å². The Hall–Kier alpha value is -4.17. The molecule has 0 saturated heterocycles. The maximum atomic E-state index is 7.07. The van der Waals surface area contributed by atoms with E-state index in [-0.39, 0.29) is 5.04 Å². The van der Waals surface area contributed by atoms with Gasteiger partial charge in [0.2, 0.25) is 0 Å². The number of oxazole rings is 1. The van der Waals surface area contributed by atoms with Gasteiger partial charge in [0.1, 0.15) is 0 Å². The van der Waals surface area contributed by atoms with Crippen molar-refractivity contribution in [3.8, 4) is 11.3 Å². The van der Waals surface area contributed by atoms with Crippen molar-refractivity contribution in [3.05, 3.63) is 133 Å². The Morgan fingerprint density at radius 3 is 1.95 bits per heavy atom. The average Bonchev–Trinajstić information content (AvgIpc) is 3.56. The highest BCUT2D eigenvalue weighted by molar-refractivity contribution is 6.99. The quantitative estimate of drug-likeness (QED) is 0.111. The monoisotopic (exact) mass is 588 g/mol. The lowest BCUT2D eigenvalue weighted by Crippen LogP contribution is -2.67. The zero-order chi connectivity index (χ0) is 30.1. The van der Waals surface area contributed by atoms with Crippen LogP contribution in [0, 0.1) is 0 Å². The highest BCUT2D eigenvalue weighted by Crippen LogP contribution is 2.36. The molecule has 0 fully saturated rings. The molecule has 0 N–H and O–H groups in total. The SMILES string of the molecule is CN(CCO[Si](c1ccccc1)(c1ccccc1)C(C)(C)C)Cc1ccc(CN=Nc2ccc(-c3cnco3)cc2)cc1. The maximum Gasteiger partial charge on any atom is 0.261 e. The molecule has 4 aromatic carbocycles. The van der Waals surface area contributed by atoms with Crippen molar-refractivity contribution in [1.82, 2.24) is 9.88 Å². The molecule has 1 aromatic heterocycles. The highest BCUT2D eigenvalue weighted by atomic mass is 28.4. The molecule has 6 nitrogen and oxygen atoms in total. The lowest BCUT2D eigenvalue weighted by Gasteiger charge is -2.43. The van der Waals surface area contributed by atoms with E-state index in [2.05, 4.69) is 133 Å². The maximum absolute atomic E-state index is 7.07. The van der Waals surface area contributed by atoms with Gasteiger partial charge in [-0.2, -0.15) is 10.2 Å². The van der Waals surface area contributed by atoms with Crippen LogP contribution in [-0.2, 0) is 17.5 Å². The van der Waals surface area contributed by atoms with E-state index in [1.54, 1.807) is 6.20 Å². The number of benzene rings is 4. The van der Waals surface area contributed by atoms with Crippen LogP contribution in [0.2, 0.25) is 5.04 Å². The van der Waals surface area contributed by atoms with Crippen LogP contribution in [0.15, 0.2) is 136 Å². The standard InChI is InChI=1S/C36H40N4O2Si/c1-36(2,3)43(33-11-7-5-8-12-33,34-13-9-6-10-14-34)42-24-23-40(4)27-30-17-15-29(16-18-30)25-38-39-32-21-19-31(20-22-32)35-26-37-28-41-35/h5-22,26,28H,23-25,27H2,1-4H3. The largest absolute Gasteiger partial charge is 0.444 e. The summed E-state index contributed by atoms with van der Waals surface area (Å²) in [5.41, 5.74) is 4.16. The third-order valence-corrected chi connectivity index (χ3v) is 12.7. The molecule has 0 spiro atoms. The Kier molecular flexibility index (Phi) is 9.77. The number of hydrogen-bond acceptors (Lipinski definition) is 6. The van der Waals surface area contributed by atoms with Gasteiger partial charge in [-0.3, -0.25) is 4.90 Å². The summed E-state index contributed by atoms with van der Waals surface area (Å²) in [5.74, 6) is 0.737. The minimum atomic E-state index is -2.52. The first-order chi connectivity index (χ1) is 20.8. The van der Waals surface area contributed by atoms with E-state index >= 15 is 0 Å². The zero-order valence-corrected chi connectivity index (χ0v) is 26.5. The first kappa shape index (κ1) is 30.3. The number of nitrogens with zero attached hydrogens (tertiary/aromatic N) is 4. The van der Waals surface area contributed by atoms with Crippen molar-refractivity contribution >= 4 is 24.4 Å². The molecule has 0 unspecified atom stereocenters. The summed E-state index contributed by atoms with van der Waals surface area (Å²) in [4.78, 5) is 6.29. The topological polar surface area (TPSA) is 63.2 Å². The van der Waals surface area contributed by atoms with Gasteiger partial charge in [-0.1, -0.05) is 106 Å². The summed E-state index contributed by atoms with van der Waals surface area (Å²) in [5, 5.41) is 11.4. The fraction of sp³-hybridized carbons (Fsp3) is 0.250. The molecule has 5 rings (SSSR count). The molecular formula is C36H40N4O2Si. The second-order valence-electron chi connectivity index (χ2n) is 11.9. The molecule has 0 radical (unpaired) electrons. The van der Waals surface area contributed by atoms with Gasteiger partial charge in [-0.25, -0.2) is 4.98 Å². The molecule has 0 atom stereocenters. The van der Waals surface area contributed by atoms with E-state index in [1.807, 2.05) is 24.3 Å². The van der Waals surface area contributed by atoms with Crippen LogP contribution in [0.25, 0.3) is 11.3 Å². The first-order valence-electron chi connectivity index (χ1n) is 14.7. The Labute approximate surface area is 256 Å². The van der Waals surface area contributed by atoms with E-state index in [9.17, 15) is 0 Å². The first-order valence-corrected chi connectivity index (χ1v) is 16.6. The molecule has 5 aromatic rings. The van der Waals surface area contributed by atoms with Crippen molar-refractivity contribution in [2.45, 2.75) is 38.9 Å². The second kappa shape index (κ2) is 13.9. The summed E-state index contributed by atoms with van der Waals surface area (Å²) in [6.45, 7) is 9.85. The van der Waals surface area contributed by atoms with Crippen LogP contribution in [0.3, 0.4) is 0 Å². The van der Waals surface area contributed by atoms with Crippen LogP contribution in [0.1, 0.15) is 31.9 Å². The van der Waals surface area contributed by atoms with Gasteiger partial charge >= 0.3 is 0 Å². The lowest BCUT2D eigenvalue weighted by molar-refractivity contribution is 0.223. The predicted octanol–water partition coefficient (Wildman–Crippen LogP) is 7.63. The molecule has 43 heavy (non-hydrogen) atoms. The van der Waals surface area contributed by atoms with E-state index in [0.717, 1.165) is 35.7 Å². The molecule has 220 valence electrons. The Bertz CT molecular complexity index is 1530. The number of likely N-dealkylation sites (N-methyl/N-ethyl adjacent to an activating group) is 1. The van der Waals surface area contributed by atoms with Gasteiger partial charge in [-0.15, -0.1) is 0 Å². The van der Waals surface area contributed by atoms with Crippen molar-refractivity contribution in [1.29, 1.82) is 0 Å². The number of rotatable bonds is 12. The molecule has 0 bridgehead atoms. The van der Waals surface area contributed by atoms with Crippen molar-refractivity contribution in [2.75, 3.05) is 20.2 Å². The summed E-state index contributed by atoms with van der Waals surface area (Å²) in [7, 11) is -0.364. The normalized spacial score (nSPS) is 12.3. The van der Waals surface area contributed by atoms with Crippen LogP contribution in [-0.4, -0.2) is 38.4 Å². The fourth-order valence-electron chi connectivity index (χ4n) is 5.51. The summed E-state index contributed by atoms with van der Waals surface area (Å²) < 4.78 is 12.4. The number of hydrogen-bond donors (Lipinski definition) is 0. The lowest BCUT2D eigenvalue weighted by atomic mass is 10.1. The summed E-state index contributed by atoms with van der Waals surface area (Å²) in [6, 6.07) is 38.0. The van der Waals surface area contributed by atoms with Gasteiger partial charge in [0.25, 0.3) is 8.32 Å². The second-order valence-corrected chi connectivity index (χ2v) is 16.2. The third kappa shape index (κ3) is 7.43. The van der Waals surface area contributed by atoms with Gasteiger partial charge in [0.05, 0.1) is 18.4 Å². The molecule has 0 aliphatic rings. The van der Waals surface area contributed by atoms with Gasteiger partial charge in [-0.05, 0) is 57.9 Å². The number of azo groups is 1.